The van der Waals surface area contributed by atoms with Crippen molar-refractivity contribution in [3.63, 3.8) is 0 Å². The fourth-order valence-electron chi connectivity index (χ4n) is 2.99. The number of ether oxygens (including phenoxy) is 1. The first-order valence-electron chi connectivity index (χ1n) is 8.51. The molecule has 5 nitrogen and oxygen atoms in total. The molecule has 3 rings (SSSR count). The zero-order valence-corrected chi connectivity index (χ0v) is 15.5. The second kappa shape index (κ2) is 7.94. The fraction of sp³-hybridized carbons (Fsp3) is 0.200. The first kappa shape index (κ1) is 20.4. The van der Waals surface area contributed by atoms with E-state index in [4.69, 9.17) is 4.74 Å². The highest BCUT2D eigenvalue weighted by molar-refractivity contribution is 5.97. The second-order valence-corrected chi connectivity index (χ2v) is 6.29. The van der Waals surface area contributed by atoms with Gasteiger partial charge in [0.05, 0.1) is 13.5 Å². The van der Waals surface area contributed by atoms with Crippen LogP contribution in [0.4, 0.5) is 23.2 Å². The highest BCUT2D eigenvalue weighted by Crippen LogP contribution is 2.36. The molecule has 1 heterocycles. The van der Waals surface area contributed by atoms with Gasteiger partial charge in [0.25, 0.3) is 0 Å². The van der Waals surface area contributed by atoms with Gasteiger partial charge in [-0.15, -0.1) is 0 Å². The van der Waals surface area contributed by atoms with E-state index in [0.29, 0.717) is 16.8 Å². The van der Waals surface area contributed by atoms with Gasteiger partial charge >= 0.3 is 6.18 Å². The molecule has 1 amide bonds. The van der Waals surface area contributed by atoms with Crippen LogP contribution < -0.4 is 10.1 Å². The molecule has 0 aliphatic rings. The van der Waals surface area contributed by atoms with Gasteiger partial charge in [-0.1, -0.05) is 18.2 Å². The number of carbonyl (C=O) groups excluding carboxylic acids is 1. The zero-order chi connectivity index (χ0) is 21.2. The van der Waals surface area contributed by atoms with Crippen LogP contribution in [0, 0.1) is 5.82 Å². The summed E-state index contributed by atoms with van der Waals surface area (Å²) in [5.41, 5.74) is 0.111. The van der Waals surface area contributed by atoms with E-state index in [1.807, 2.05) is 0 Å². The Hall–Kier alpha value is -3.36. The number of benzene rings is 2. The topological polar surface area (TPSA) is 56.1 Å². The molecule has 0 aliphatic carbocycles. The molecule has 29 heavy (non-hydrogen) atoms. The summed E-state index contributed by atoms with van der Waals surface area (Å²) in [6.07, 6.45) is -3.99. The summed E-state index contributed by atoms with van der Waals surface area (Å²) < 4.78 is 59.0. The summed E-state index contributed by atoms with van der Waals surface area (Å²) in [7, 11) is 2.74. The lowest BCUT2D eigenvalue weighted by molar-refractivity contribution is -0.142. The number of hydrogen-bond donors (Lipinski definition) is 1. The number of nitrogens with zero attached hydrogens (tertiary/aromatic N) is 2. The second-order valence-electron chi connectivity index (χ2n) is 6.29. The molecule has 0 unspecified atom stereocenters. The Bertz CT molecular complexity index is 1040. The molecular formula is C20H17F4N3O2. The highest BCUT2D eigenvalue weighted by Gasteiger charge is 2.37. The van der Waals surface area contributed by atoms with Crippen molar-refractivity contribution in [1.29, 1.82) is 0 Å². The van der Waals surface area contributed by atoms with Crippen LogP contribution in [0.25, 0.3) is 11.1 Å². The van der Waals surface area contributed by atoms with E-state index >= 15 is 0 Å². The van der Waals surface area contributed by atoms with Gasteiger partial charge < -0.3 is 10.1 Å². The standard InChI is InChI=1S/C20H17F4N3O2/c1-27-11-12(19(26-27)20(22,23)24)9-18(28)25-16-6-4-3-5-14(16)15-8-7-13(21)10-17(15)29-2/h3-8,10-11H,9H2,1-2H3,(H,25,28). The van der Waals surface area contributed by atoms with Crippen LogP contribution >= 0.6 is 0 Å². The number of methoxy groups -OCH3 is 1. The van der Waals surface area contributed by atoms with E-state index < -0.39 is 30.0 Å². The van der Waals surface area contributed by atoms with Crippen molar-refractivity contribution < 1.29 is 27.1 Å². The molecule has 0 saturated heterocycles. The van der Waals surface area contributed by atoms with Gasteiger partial charge in [0.15, 0.2) is 5.69 Å². The van der Waals surface area contributed by atoms with Gasteiger partial charge in [-0.3, -0.25) is 9.48 Å². The largest absolute Gasteiger partial charge is 0.496 e. The Kier molecular flexibility index (Phi) is 5.58. The lowest BCUT2D eigenvalue weighted by Gasteiger charge is -2.14. The van der Waals surface area contributed by atoms with Crippen LogP contribution in [0.1, 0.15) is 11.3 Å². The Morgan fingerprint density at radius 3 is 2.59 bits per heavy atom. The third-order valence-electron chi connectivity index (χ3n) is 4.18. The Labute approximate surface area is 163 Å². The molecule has 0 radical (unpaired) electrons. The van der Waals surface area contributed by atoms with Crippen LogP contribution in [-0.2, 0) is 24.4 Å². The maximum Gasteiger partial charge on any atom is 0.435 e. The summed E-state index contributed by atoms with van der Waals surface area (Å²) in [6.45, 7) is 0. The summed E-state index contributed by atoms with van der Waals surface area (Å²) in [5.74, 6) is -0.862. The third kappa shape index (κ3) is 4.56. The minimum absolute atomic E-state index is 0.227. The van der Waals surface area contributed by atoms with Gasteiger partial charge in [0, 0.05) is 41.7 Å². The summed E-state index contributed by atoms with van der Waals surface area (Å²) in [4.78, 5) is 12.5. The average Bonchev–Trinajstić information content (AvgIpc) is 3.02. The van der Waals surface area contributed by atoms with Gasteiger partial charge in [-0.25, -0.2) is 4.39 Å². The minimum Gasteiger partial charge on any atom is -0.496 e. The first-order chi connectivity index (χ1) is 13.7. The van der Waals surface area contributed by atoms with E-state index in [1.165, 1.54) is 32.4 Å². The number of halogens is 4. The zero-order valence-electron chi connectivity index (χ0n) is 15.5. The van der Waals surface area contributed by atoms with E-state index in [2.05, 4.69) is 10.4 Å². The van der Waals surface area contributed by atoms with Crippen LogP contribution in [0.3, 0.4) is 0 Å². The van der Waals surface area contributed by atoms with E-state index in [9.17, 15) is 22.4 Å². The number of carbonyl (C=O) groups is 1. The Morgan fingerprint density at radius 2 is 1.90 bits per heavy atom. The number of para-hydroxylation sites is 1. The molecule has 0 bridgehead atoms. The fourth-order valence-corrected chi connectivity index (χ4v) is 2.99. The molecule has 1 aromatic heterocycles. The molecule has 0 aliphatic heterocycles. The van der Waals surface area contributed by atoms with Crippen molar-refractivity contribution in [1.82, 2.24) is 9.78 Å². The number of nitrogens with one attached hydrogen (secondary N) is 1. The van der Waals surface area contributed by atoms with Gasteiger partial charge in [-0.2, -0.15) is 18.3 Å². The summed E-state index contributed by atoms with van der Waals surface area (Å²) in [6, 6.07) is 10.6. The van der Waals surface area contributed by atoms with Crippen molar-refractivity contribution in [2.24, 2.45) is 7.05 Å². The van der Waals surface area contributed by atoms with Crippen molar-refractivity contribution in [3.8, 4) is 16.9 Å². The van der Waals surface area contributed by atoms with Crippen LogP contribution in [-0.4, -0.2) is 22.8 Å². The number of anilines is 1. The smallest absolute Gasteiger partial charge is 0.435 e. The highest BCUT2D eigenvalue weighted by atomic mass is 19.4. The number of aryl methyl sites for hydroxylation is 1. The number of rotatable bonds is 5. The van der Waals surface area contributed by atoms with E-state index in [1.54, 1.807) is 24.3 Å². The quantitative estimate of drug-likeness (QED) is 0.637. The molecule has 3 aromatic rings. The molecule has 0 atom stereocenters. The molecular weight excluding hydrogens is 390 g/mol. The van der Waals surface area contributed by atoms with E-state index in [0.717, 1.165) is 10.9 Å². The molecule has 152 valence electrons. The summed E-state index contributed by atoms with van der Waals surface area (Å²) in [5, 5.41) is 6.02. The van der Waals surface area contributed by atoms with Gasteiger partial charge in [0.2, 0.25) is 5.91 Å². The molecule has 1 N–H and O–H groups in total. The van der Waals surface area contributed by atoms with E-state index in [-0.39, 0.29) is 11.3 Å². The van der Waals surface area contributed by atoms with Crippen molar-refractivity contribution in [3.05, 3.63) is 65.7 Å². The van der Waals surface area contributed by atoms with Crippen molar-refractivity contribution >= 4 is 11.6 Å². The predicted octanol–water partition coefficient (Wildman–Crippen LogP) is 4.43. The van der Waals surface area contributed by atoms with Crippen LogP contribution in [0.2, 0.25) is 0 Å². The Balaban J connectivity index is 1.89. The molecule has 2 aromatic carbocycles. The third-order valence-corrected chi connectivity index (χ3v) is 4.18. The van der Waals surface area contributed by atoms with Crippen molar-refractivity contribution in [2.75, 3.05) is 12.4 Å². The first-order valence-corrected chi connectivity index (χ1v) is 8.51. The van der Waals surface area contributed by atoms with Crippen LogP contribution in [0.15, 0.2) is 48.7 Å². The van der Waals surface area contributed by atoms with Gasteiger partial charge in [-0.05, 0) is 18.2 Å². The lowest BCUT2D eigenvalue weighted by atomic mass is 10.0. The SMILES string of the molecule is COc1cc(F)ccc1-c1ccccc1NC(=O)Cc1cn(C)nc1C(F)(F)F. The normalized spacial score (nSPS) is 11.4. The molecule has 0 spiro atoms. The van der Waals surface area contributed by atoms with Crippen LogP contribution in [0.5, 0.6) is 5.75 Å². The number of amides is 1. The summed E-state index contributed by atoms with van der Waals surface area (Å²) >= 11 is 0. The number of aromatic nitrogens is 2. The molecule has 0 fully saturated rings. The number of hydrogen-bond acceptors (Lipinski definition) is 3. The molecule has 9 heteroatoms. The lowest BCUT2D eigenvalue weighted by Crippen LogP contribution is -2.17. The number of alkyl halides is 3. The van der Waals surface area contributed by atoms with Gasteiger partial charge in [0.1, 0.15) is 11.6 Å². The monoisotopic (exact) mass is 407 g/mol. The molecule has 0 saturated carbocycles. The predicted molar refractivity (Wildman–Crippen MR) is 98.9 cm³/mol. The van der Waals surface area contributed by atoms with Crippen molar-refractivity contribution in [2.45, 2.75) is 12.6 Å². The maximum absolute atomic E-state index is 13.5. The maximum atomic E-state index is 13.5. The minimum atomic E-state index is -4.66. The average molecular weight is 407 g/mol. The Morgan fingerprint density at radius 1 is 1.17 bits per heavy atom.